The zero-order valence-electron chi connectivity index (χ0n) is 16.8. The van der Waals surface area contributed by atoms with E-state index < -0.39 is 12.1 Å². The maximum absolute atomic E-state index is 12.2. The number of nitriles is 1. The number of ether oxygens (including phenoxy) is 2. The SMILES string of the molecule is Cc1c(OC(c2ccc(C#N)cc2)c2ccc(C(=O)O)cc2)ccc2c1OCCC2=O. The van der Waals surface area contributed by atoms with E-state index in [0.29, 0.717) is 35.7 Å². The van der Waals surface area contributed by atoms with Crippen LogP contribution in [0.3, 0.4) is 0 Å². The normalized spacial score (nSPS) is 13.5. The number of ketones is 1. The molecule has 31 heavy (non-hydrogen) atoms. The van der Waals surface area contributed by atoms with Gasteiger partial charge in [0.05, 0.1) is 29.4 Å². The Morgan fingerprint density at radius 1 is 1.06 bits per heavy atom. The van der Waals surface area contributed by atoms with Crippen LogP contribution >= 0.6 is 0 Å². The Morgan fingerprint density at radius 3 is 2.32 bits per heavy atom. The van der Waals surface area contributed by atoms with Crippen LogP contribution in [-0.4, -0.2) is 23.5 Å². The lowest BCUT2D eigenvalue weighted by molar-refractivity contribution is 0.0696. The smallest absolute Gasteiger partial charge is 0.335 e. The van der Waals surface area contributed by atoms with Crippen LogP contribution < -0.4 is 9.47 Å². The van der Waals surface area contributed by atoms with Crippen LogP contribution in [-0.2, 0) is 0 Å². The van der Waals surface area contributed by atoms with Crippen molar-refractivity contribution in [2.24, 2.45) is 0 Å². The molecule has 0 fully saturated rings. The first-order valence-electron chi connectivity index (χ1n) is 9.77. The number of hydrogen-bond acceptors (Lipinski definition) is 5. The summed E-state index contributed by atoms with van der Waals surface area (Å²) in [6.07, 6.45) is -0.192. The minimum absolute atomic E-state index is 0.0452. The van der Waals surface area contributed by atoms with Gasteiger partial charge in [0.15, 0.2) is 5.78 Å². The van der Waals surface area contributed by atoms with Crippen molar-refractivity contribution in [3.63, 3.8) is 0 Å². The van der Waals surface area contributed by atoms with Crippen LogP contribution in [0.25, 0.3) is 0 Å². The molecule has 4 rings (SSSR count). The molecule has 1 heterocycles. The number of nitrogens with zero attached hydrogens (tertiary/aromatic N) is 1. The lowest BCUT2D eigenvalue weighted by Crippen LogP contribution is -2.17. The molecule has 0 bridgehead atoms. The van der Waals surface area contributed by atoms with Gasteiger partial charge in [-0.1, -0.05) is 24.3 Å². The molecule has 0 saturated heterocycles. The van der Waals surface area contributed by atoms with E-state index in [1.807, 2.05) is 19.1 Å². The molecule has 6 heteroatoms. The number of carbonyl (C=O) groups is 2. The molecule has 0 spiro atoms. The summed E-state index contributed by atoms with van der Waals surface area (Å²) in [7, 11) is 0. The summed E-state index contributed by atoms with van der Waals surface area (Å²) >= 11 is 0. The fourth-order valence-corrected chi connectivity index (χ4v) is 3.58. The first kappa shape index (κ1) is 20.2. The monoisotopic (exact) mass is 413 g/mol. The Bertz CT molecular complexity index is 1190. The van der Waals surface area contributed by atoms with Crippen molar-refractivity contribution < 1.29 is 24.2 Å². The molecule has 0 aliphatic carbocycles. The number of aromatic carboxylic acids is 1. The maximum atomic E-state index is 12.2. The van der Waals surface area contributed by atoms with Crippen molar-refractivity contribution >= 4 is 11.8 Å². The van der Waals surface area contributed by atoms with Crippen LogP contribution in [0.15, 0.2) is 60.7 Å². The molecule has 1 N–H and O–H groups in total. The summed E-state index contributed by atoms with van der Waals surface area (Å²) in [5.74, 6) is 0.136. The Morgan fingerprint density at radius 2 is 1.71 bits per heavy atom. The molecule has 3 aromatic carbocycles. The van der Waals surface area contributed by atoms with E-state index in [1.54, 1.807) is 36.4 Å². The third-order valence-electron chi connectivity index (χ3n) is 5.28. The zero-order valence-corrected chi connectivity index (χ0v) is 16.8. The number of carboxylic acid groups (broad SMARTS) is 1. The number of benzene rings is 3. The highest BCUT2D eigenvalue weighted by atomic mass is 16.5. The minimum atomic E-state index is -1.00. The molecule has 1 unspecified atom stereocenters. The molecule has 0 amide bonds. The number of rotatable bonds is 5. The highest BCUT2D eigenvalue weighted by Gasteiger charge is 2.24. The minimum Gasteiger partial charge on any atom is -0.492 e. The van der Waals surface area contributed by atoms with Gasteiger partial charge in [-0.05, 0) is 54.4 Å². The fourth-order valence-electron chi connectivity index (χ4n) is 3.58. The van der Waals surface area contributed by atoms with Crippen LogP contribution in [0.5, 0.6) is 11.5 Å². The van der Waals surface area contributed by atoms with E-state index in [1.165, 1.54) is 12.1 Å². The predicted octanol–water partition coefficient (Wildman–Crippen LogP) is 4.70. The standard InChI is InChI=1S/C25H19NO5/c1-15-22(11-10-20-21(27)12-13-30-23(15)20)31-24(17-4-2-16(14-26)3-5-17)18-6-8-19(9-7-18)25(28)29/h2-11,24H,12-13H2,1H3,(H,28,29). The lowest BCUT2D eigenvalue weighted by Gasteiger charge is -2.24. The average Bonchev–Trinajstić information content (AvgIpc) is 2.79. The predicted molar refractivity (Wildman–Crippen MR) is 113 cm³/mol. The third kappa shape index (κ3) is 3.99. The molecule has 3 aromatic rings. The molecule has 0 radical (unpaired) electrons. The highest BCUT2D eigenvalue weighted by molar-refractivity contribution is 6.00. The summed E-state index contributed by atoms with van der Waals surface area (Å²) < 4.78 is 12.1. The largest absolute Gasteiger partial charge is 0.492 e. The van der Waals surface area contributed by atoms with Gasteiger partial charge in [0.2, 0.25) is 0 Å². The Balaban J connectivity index is 1.75. The molecule has 0 aromatic heterocycles. The van der Waals surface area contributed by atoms with Gasteiger partial charge >= 0.3 is 5.97 Å². The topological polar surface area (TPSA) is 96.6 Å². The van der Waals surface area contributed by atoms with Crippen molar-refractivity contribution in [2.45, 2.75) is 19.4 Å². The average molecular weight is 413 g/mol. The molecule has 154 valence electrons. The number of fused-ring (bicyclic) bond motifs is 1. The quantitative estimate of drug-likeness (QED) is 0.651. The Hall–Kier alpha value is -4.11. The zero-order chi connectivity index (χ0) is 22.0. The van der Waals surface area contributed by atoms with Gasteiger partial charge in [0.1, 0.15) is 17.6 Å². The first-order chi connectivity index (χ1) is 15.0. The van der Waals surface area contributed by atoms with Crippen molar-refractivity contribution in [1.82, 2.24) is 0 Å². The van der Waals surface area contributed by atoms with E-state index >= 15 is 0 Å². The second-order valence-electron chi connectivity index (χ2n) is 7.25. The molecule has 1 aliphatic heterocycles. The van der Waals surface area contributed by atoms with E-state index in [4.69, 9.17) is 14.7 Å². The van der Waals surface area contributed by atoms with Crippen LogP contribution in [0.2, 0.25) is 0 Å². The highest BCUT2D eigenvalue weighted by Crippen LogP contribution is 2.38. The van der Waals surface area contributed by atoms with Crippen molar-refractivity contribution in [1.29, 1.82) is 5.26 Å². The van der Waals surface area contributed by atoms with Gasteiger partial charge in [-0.3, -0.25) is 4.79 Å². The van der Waals surface area contributed by atoms with Gasteiger partial charge < -0.3 is 14.6 Å². The van der Waals surface area contributed by atoms with Gasteiger partial charge in [-0.25, -0.2) is 4.79 Å². The Kier molecular flexibility index (Phi) is 5.42. The second kappa shape index (κ2) is 8.33. The van der Waals surface area contributed by atoms with Gasteiger partial charge in [-0.2, -0.15) is 5.26 Å². The van der Waals surface area contributed by atoms with E-state index in [-0.39, 0.29) is 11.3 Å². The maximum Gasteiger partial charge on any atom is 0.335 e. The van der Waals surface area contributed by atoms with Gasteiger partial charge in [0.25, 0.3) is 0 Å². The van der Waals surface area contributed by atoms with E-state index in [2.05, 4.69) is 6.07 Å². The van der Waals surface area contributed by atoms with Crippen molar-refractivity contribution in [2.75, 3.05) is 6.61 Å². The molecule has 0 saturated carbocycles. The molecular formula is C25H19NO5. The number of hydrogen-bond donors (Lipinski definition) is 1. The van der Waals surface area contributed by atoms with Gasteiger partial charge in [-0.15, -0.1) is 0 Å². The van der Waals surface area contributed by atoms with Gasteiger partial charge in [0, 0.05) is 12.0 Å². The lowest BCUT2D eigenvalue weighted by atomic mass is 9.98. The molecular weight excluding hydrogens is 394 g/mol. The van der Waals surface area contributed by atoms with Crippen LogP contribution in [0.4, 0.5) is 0 Å². The number of carbonyl (C=O) groups excluding carboxylic acids is 1. The Labute approximate surface area is 179 Å². The van der Waals surface area contributed by atoms with E-state index in [0.717, 1.165) is 16.7 Å². The van der Waals surface area contributed by atoms with E-state index in [9.17, 15) is 14.7 Å². The molecule has 1 atom stereocenters. The number of carboxylic acids is 1. The van der Waals surface area contributed by atoms with Crippen molar-refractivity contribution in [3.05, 3.63) is 94.0 Å². The first-order valence-corrected chi connectivity index (χ1v) is 9.77. The summed E-state index contributed by atoms with van der Waals surface area (Å²) in [4.78, 5) is 23.4. The summed E-state index contributed by atoms with van der Waals surface area (Å²) in [5.41, 5.74) is 3.54. The molecule has 6 nitrogen and oxygen atoms in total. The second-order valence-corrected chi connectivity index (χ2v) is 7.25. The summed E-state index contributed by atoms with van der Waals surface area (Å²) in [5, 5.41) is 18.3. The van der Waals surface area contributed by atoms with Crippen molar-refractivity contribution in [3.8, 4) is 17.6 Å². The fraction of sp³-hybridized carbons (Fsp3) is 0.160. The van der Waals surface area contributed by atoms with Crippen LogP contribution in [0, 0.1) is 18.3 Å². The third-order valence-corrected chi connectivity index (χ3v) is 5.28. The summed E-state index contributed by atoms with van der Waals surface area (Å²) in [6, 6.07) is 19.1. The summed E-state index contributed by atoms with van der Waals surface area (Å²) in [6.45, 7) is 2.18. The number of Topliss-reactive ketones (excluding diaryl/α,β-unsaturated/α-hetero) is 1. The molecule has 1 aliphatic rings. The van der Waals surface area contributed by atoms with Crippen LogP contribution in [0.1, 0.15) is 55.5 Å².